The minimum Gasteiger partial charge on any atom is -0.308 e. The Bertz CT molecular complexity index is 554. The quantitative estimate of drug-likeness (QED) is 0.886. The number of halogens is 1. The fourth-order valence-electron chi connectivity index (χ4n) is 1.42. The summed E-state index contributed by atoms with van der Waals surface area (Å²) < 4.78 is 0.967. The number of nitrogens with one attached hydrogen (secondary N) is 2. The fraction of sp³-hybridized carbons (Fsp3) is 0.0769. The number of benzene rings is 1. The zero-order valence-electron chi connectivity index (χ0n) is 9.77. The summed E-state index contributed by atoms with van der Waals surface area (Å²) in [5, 5.41) is 5.43. The molecule has 0 atom stereocenters. The average Bonchev–Trinajstić information content (AvgIpc) is 2.35. The van der Waals surface area contributed by atoms with Crippen molar-refractivity contribution < 1.29 is 4.79 Å². The topological polar surface area (TPSA) is 54.0 Å². The van der Waals surface area contributed by atoms with Gasteiger partial charge in [-0.1, -0.05) is 22.0 Å². The van der Waals surface area contributed by atoms with Crippen LogP contribution in [-0.4, -0.2) is 11.0 Å². The van der Waals surface area contributed by atoms with Crippen molar-refractivity contribution in [2.45, 2.75) is 6.92 Å². The smallest absolute Gasteiger partial charge is 0.308 e. The number of aromatic nitrogens is 1. The lowest BCUT2D eigenvalue weighted by Crippen LogP contribution is -2.20. The van der Waals surface area contributed by atoms with E-state index in [0.717, 1.165) is 15.7 Å². The number of carbonyl (C=O) groups excluding carboxylic acids is 1. The summed E-state index contributed by atoms with van der Waals surface area (Å²) in [4.78, 5) is 15.8. The average molecular weight is 306 g/mol. The molecule has 2 rings (SSSR count). The van der Waals surface area contributed by atoms with Crippen molar-refractivity contribution in [3.63, 3.8) is 0 Å². The van der Waals surface area contributed by atoms with Crippen LogP contribution in [-0.2, 0) is 0 Å². The maximum atomic E-state index is 11.7. The van der Waals surface area contributed by atoms with Crippen molar-refractivity contribution in [1.82, 2.24) is 4.98 Å². The van der Waals surface area contributed by atoms with Crippen LogP contribution in [0.2, 0.25) is 0 Å². The molecule has 0 aliphatic heterocycles. The number of amides is 2. The first-order chi connectivity index (χ1) is 8.65. The minimum atomic E-state index is -0.306. The minimum absolute atomic E-state index is 0.306. The van der Waals surface area contributed by atoms with E-state index in [1.807, 2.05) is 43.3 Å². The molecule has 0 radical (unpaired) electrons. The van der Waals surface area contributed by atoms with Gasteiger partial charge < -0.3 is 5.32 Å². The molecular weight excluding hydrogens is 294 g/mol. The number of urea groups is 1. The van der Waals surface area contributed by atoms with Gasteiger partial charge in [-0.25, -0.2) is 9.78 Å². The standard InChI is InChI=1S/C13H12BrN3O/c1-9-3-2-8-15-12(9)17-13(18)16-11-6-4-10(14)5-7-11/h2-8H,1H3,(H2,15,16,17,18). The van der Waals surface area contributed by atoms with E-state index in [1.165, 1.54) is 0 Å². The van der Waals surface area contributed by atoms with E-state index in [0.29, 0.717) is 5.82 Å². The predicted octanol–water partition coefficient (Wildman–Crippen LogP) is 3.80. The first-order valence-corrected chi connectivity index (χ1v) is 6.19. The SMILES string of the molecule is Cc1cccnc1NC(=O)Nc1ccc(Br)cc1. The third-order valence-electron chi connectivity index (χ3n) is 2.34. The van der Waals surface area contributed by atoms with Crippen molar-refractivity contribution in [2.75, 3.05) is 10.6 Å². The number of carbonyl (C=O) groups is 1. The van der Waals surface area contributed by atoms with Crippen molar-refractivity contribution >= 4 is 33.5 Å². The molecule has 18 heavy (non-hydrogen) atoms. The molecule has 0 bridgehead atoms. The van der Waals surface area contributed by atoms with E-state index >= 15 is 0 Å². The molecule has 4 nitrogen and oxygen atoms in total. The molecule has 0 aliphatic carbocycles. The second kappa shape index (κ2) is 5.64. The van der Waals surface area contributed by atoms with Crippen LogP contribution in [0.15, 0.2) is 47.1 Å². The highest BCUT2D eigenvalue weighted by Gasteiger charge is 2.05. The van der Waals surface area contributed by atoms with Crippen LogP contribution in [0.25, 0.3) is 0 Å². The van der Waals surface area contributed by atoms with Crippen molar-refractivity contribution in [1.29, 1.82) is 0 Å². The Labute approximate surface area is 114 Å². The van der Waals surface area contributed by atoms with Crippen LogP contribution in [0.3, 0.4) is 0 Å². The van der Waals surface area contributed by atoms with Crippen LogP contribution in [0.5, 0.6) is 0 Å². The molecule has 0 saturated heterocycles. The van der Waals surface area contributed by atoms with Crippen molar-refractivity contribution in [3.05, 3.63) is 52.6 Å². The van der Waals surface area contributed by atoms with Gasteiger partial charge in [0.05, 0.1) is 0 Å². The second-order valence-electron chi connectivity index (χ2n) is 3.75. The summed E-state index contributed by atoms with van der Waals surface area (Å²) in [7, 11) is 0. The molecular formula is C13H12BrN3O. The normalized spacial score (nSPS) is 9.89. The van der Waals surface area contributed by atoms with Crippen LogP contribution in [0, 0.1) is 6.92 Å². The summed E-state index contributed by atoms with van der Waals surface area (Å²) in [6.07, 6.45) is 1.64. The summed E-state index contributed by atoms with van der Waals surface area (Å²) in [6, 6.07) is 10.8. The predicted molar refractivity (Wildman–Crippen MR) is 75.8 cm³/mol. The Morgan fingerprint density at radius 3 is 2.56 bits per heavy atom. The van der Waals surface area contributed by atoms with E-state index in [9.17, 15) is 4.79 Å². The number of hydrogen-bond donors (Lipinski definition) is 2. The van der Waals surface area contributed by atoms with Gasteiger partial charge in [0.15, 0.2) is 0 Å². The van der Waals surface area contributed by atoms with Crippen molar-refractivity contribution in [3.8, 4) is 0 Å². The lowest BCUT2D eigenvalue weighted by atomic mass is 10.3. The van der Waals surface area contributed by atoms with E-state index in [4.69, 9.17) is 0 Å². The number of hydrogen-bond acceptors (Lipinski definition) is 2. The third-order valence-corrected chi connectivity index (χ3v) is 2.87. The van der Waals surface area contributed by atoms with Gasteiger partial charge in [0, 0.05) is 16.4 Å². The Morgan fingerprint density at radius 1 is 1.17 bits per heavy atom. The maximum absolute atomic E-state index is 11.7. The van der Waals surface area contributed by atoms with Crippen LogP contribution in [0.1, 0.15) is 5.56 Å². The van der Waals surface area contributed by atoms with Gasteiger partial charge in [0.2, 0.25) is 0 Å². The molecule has 2 amide bonds. The molecule has 1 aromatic heterocycles. The Kier molecular flexibility index (Phi) is 3.94. The van der Waals surface area contributed by atoms with Crippen molar-refractivity contribution in [2.24, 2.45) is 0 Å². The van der Waals surface area contributed by atoms with Crippen LogP contribution >= 0.6 is 15.9 Å². The van der Waals surface area contributed by atoms with Gasteiger partial charge in [-0.05, 0) is 42.8 Å². The lowest BCUT2D eigenvalue weighted by Gasteiger charge is -2.08. The van der Waals surface area contributed by atoms with Gasteiger partial charge >= 0.3 is 6.03 Å². The number of nitrogens with zero attached hydrogens (tertiary/aromatic N) is 1. The van der Waals surface area contributed by atoms with Gasteiger partial charge in [0.25, 0.3) is 0 Å². The van der Waals surface area contributed by atoms with Gasteiger partial charge in [-0.15, -0.1) is 0 Å². The first kappa shape index (κ1) is 12.6. The lowest BCUT2D eigenvalue weighted by molar-refractivity contribution is 0.262. The Hall–Kier alpha value is -1.88. The largest absolute Gasteiger partial charge is 0.324 e. The fourth-order valence-corrected chi connectivity index (χ4v) is 1.68. The molecule has 0 unspecified atom stereocenters. The molecule has 5 heteroatoms. The third kappa shape index (κ3) is 3.30. The Morgan fingerprint density at radius 2 is 1.89 bits per heavy atom. The van der Waals surface area contributed by atoms with E-state index in [2.05, 4.69) is 31.5 Å². The highest BCUT2D eigenvalue weighted by atomic mass is 79.9. The second-order valence-corrected chi connectivity index (χ2v) is 4.67. The van der Waals surface area contributed by atoms with E-state index in [-0.39, 0.29) is 6.03 Å². The number of pyridine rings is 1. The number of aryl methyl sites for hydroxylation is 1. The molecule has 1 aromatic carbocycles. The molecule has 2 aromatic rings. The van der Waals surface area contributed by atoms with Gasteiger partial charge in [-0.2, -0.15) is 0 Å². The highest BCUT2D eigenvalue weighted by Crippen LogP contribution is 2.15. The monoisotopic (exact) mass is 305 g/mol. The van der Waals surface area contributed by atoms with E-state index in [1.54, 1.807) is 6.20 Å². The zero-order chi connectivity index (χ0) is 13.0. The molecule has 0 aliphatic rings. The summed E-state index contributed by atoms with van der Waals surface area (Å²) in [6.45, 7) is 1.89. The van der Waals surface area contributed by atoms with Gasteiger partial charge in [0.1, 0.15) is 5.82 Å². The van der Waals surface area contributed by atoms with Crippen LogP contribution in [0.4, 0.5) is 16.3 Å². The molecule has 0 fully saturated rings. The highest BCUT2D eigenvalue weighted by molar-refractivity contribution is 9.10. The first-order valence-electron chi connectivity index (χ1n) is 5.40. The number of rotatable bonds is 2. The van der Waals surface area contributed by atoms with Crippen LogP contribution < -0.4 is 10.6 Å². The maximum Gasteiger partial charge on any atom is 0.324 e. The molecule has 1 heterocycles. The molecule has 0 spiro atoms. The number of anilines is 2. The van der Waals surface area contributed by atoms with E-state index < -0.39 is 0 Å². The zero-order valence-corrected chi connectivity index (χ0v) is 11.4. The molecule has 92 valence electrons. The summed E-state index contributed by atoms with van der Waals surface area (Å²) in [5.41, 5.74) is 1.65. The molecule has 2 N–H and O–H groups in total. The summed E-state index contributed by atoms with van der Waals surface area (Å²) in [5.74, 6) is 0.562. The summed E-state index contributed by atoms with van der Waals surface area (Å²) >= 11 is 3.34. The molecule has 0 saturated carbocycles. The Balaban J connectivity index is 2.01. The van der Waals surface area contributed by atoms with Gasteiger partial charge in [-0.3, -0.25) is 5.32 Å².